The average Bonchev–Trinajstić information content (AvgIpc) is 3.45. The number of carbonyl (C=O) groups excluding carboxylic acids is 1. The number of nitrogens with zero attached hydrogens (tertiary/aromatic N) is 4. The van der Waals surface area contributed by atoms with Crippen molar-refractivity contribution in [1.82, 2.24) is 14.4 Å². The van der Waals surface area contributed by atoms with Gasteiger partial charge in [-0.3, -0.25) is 9.69 Å². The van der Waals surface area contributed by atoms with Crippen LogP contribution in [0.4, 0.5) is 11.5 Å². The monoisotopic (exact) mass is 447 g/mol. The quantitative estimate of drug-likeness (QED) is 0.477. The molecule has 8 heteroatoms. The van der Waals surface area contributed by atoms with Crippen molar-refractivity contribution in [1.29, 1.82) is 0 Å². The first-order chi connectivity index (χ1) is 15.7. The van der Waals surface area contributed by atoms with Crippen molar-refractivity contribution in [2.24, 2.45) is 0 Å². The summed E-state index contributed by atoms with van der Waals surface area (Å²) in [4.78, 5) is 17.1. The van der Waals surface area contributed by atoms with E-state index in [0.29, 0.717) is 5.76 Å². The Hall–Kier alpha value is -3.23. The molecule has 7 nitrogen and oxygen atoms in total. The van der Waals surface area contributed by atoms with Crippen molar-refractivity contribution < 1.29 is 9.32 Å². The number of amides is 1. The van der Waals surface area contributed by atoms with Gasteiger partial charge in [0.25, 0.3) is 5.91 Å². The first-order valence-corrected chi connectivity index (χ1v) is 11.6. The van der Waals surface area contributed by atoms with Gasteiger partial charge in [-0.15, -0.1) is 0 Å². The third-order valence-electron chi connectivity index (χ3n) is 5.82. The molecular formula is C24H25N5O2S. The Kier molecular flexibility index (Phi) is 5.87. The van der Waals surface area contributed by atoms with Crippen molar-refractivity contribution in [3.05, 3.63) is 71.6 Å². The summed E-state index contributed by atoms with van der Waals surface area (Å²) in [5, 5.41) is 7.86. The van der Waals surface area contributed by atoms with E-state index in [1.54, 1.807) is 24.5 Å². The molecule has 0 saturated carbocycles. The van der Waals surface area contributed by atoms with Crippen LogP contribution in [-0.2, 0) is 6.42 Å². The summed E-state index contributed by atoms with van der Waals surface area (Å²) in [5.41, 5.74) is 2.30. The van der Waals surface area contributed by atoms with Gasteiger partial charge in [-0.1, -0.05) is 29.4 Å². The van der Waals surface area contributed by atoms with Crippen LogP contribution in [0.2, 0.25) is 0 Å². The smallest absolute Gasteiger partial charge is 0.277 e. The van der Waals surface area contributed by atoms with E-state index >= 15 is 0 Å². The molecule has 1 aliphatic heterocycles. The number of benzene rings is 2. The number of piperazine rings is 1. The first-order valence-electron chi connectivity index (χ1n) is 10.8. The summed E-state index contributed by atoms with van der Waals surface area (Å²) < 4.78 is 10.9. The first kappa shape index (κ1) is 20.7. The van der Waals surface area contributed by atoms with Gasteiger partial charge in [-0.05, 0) is 54.7 Å². The Balaban J connectivity index is 1.10. The second kappa shape index (κ2) is 9.10. The molecule has 1 amide bonds. The maximum atomic E-state index is 12.2. The van der Waals surface area contributed by atoms with Gasteiger partial charge in [-0.25, -0.2) is 0 Å². The number of rotatable bonds is 6. The highest BCUT2D eigenvalue weighted by molar-refractivity contribution is 7.13. The fraction of sp³-hybridized carbons (Fsp3) is 0.292. The van der Waals surface area contributed by atoms with Gasteiger partial charge >= 0.3 is 0 Å². The maximum Gasteiger partial charge on any atom is 0.277 e. The Morgan fingerprint density at radius 2 is 1.88 bits per heavy atom. The minimum absolute atomic E-state index is 0.264. The van der Waals surface area contributed by atoms with Crippen LogP contribution in [0.25, 0.3) is 10.1 Å². The third kappa shape index (κ3) is 4.51. The van der Waals surface area contributed by atoms with Crippen LogP contribution in [0.5, 0.6) is 0 Å². The minimum Gasteiger partial charge on any atom is -0.361 e. The molecule has 0 radical (unpaired) electrons. The molecule has 0 unspecified atom stereocenters. The predicted octanol–water partition coefficient (Wildman–Crippen LogP) is 4.21. The lowest BCUT2D eigenvalue weighted by molar-refractivity contribution is 0.101. The lowest BCUT2D eigenvalue weighted by atomic mass is 10.1. The van der Waals surface area contributed by atoms with Gasteiger partial charge in [0, 0.05) is 49.9 Å². The van der Waals surface area contributed by atoms with Crippen LogP contribution in [0.15, 0.2) is 59.1 Å². The number of nitrogens with one attached hydrogen (secondary N) is 1. The van der Waals surface area contributed by atoms with Gasteiger partial charge in [0.05, 0.1) is 4.70 Å². The van der Waals surface area contributed by atoms with Crippen LogP contribution < -0.4 is 10.2 Å². The van der Waals surface area contributed by atoms with E-state index in [9.17, 15) is 4.79 Å². The van der Waals surface area contributed by atoms with Crippen molar-refractivity contribution in [3.8, 4) is 0 Å². The van der Waals surface area contributed by atoms with E-state index in [1.165, 1.54) is 15.6 Å². The molecule has 4 aromatic rings. The van der Waals surface area contributed by atoms with Crippen LogP contribution >= 0.6 is 11.5 Å². The Labute approximate surface area is 190 Å². The summed E-state index contributed by atoms with van der Waals surface area (Å²) in [6.45, 7) is 6.86. The van der Waals surface area contributed by atoms with Gasteiger partial charge in [0.15, 0.2) is 5.69 Å². The minimum atomic E-state index is -0.264. The van der Waals surface area contributed by atoms with Crippen molar-refractivity contribution in [3.63, 3.8) is 0 Å². The summed E-state index contributed by atoms with van der Waals surface area (Å²) in [6, 6.07) is 18.1. The summed E-state index contributed by atoms with van der Waals surface area (Å²) in [5.74, 6) is 1.48. The van der Waals surface area contributed by atoms with E-state index in [2.05, 4.69) is 56.7 Å². The van der Waals surface area contributed by atoms with Crippen molar-refractivity contribution in [2.45, 2.75) is 13.3 Å². The number of carbonyl (C=O) groups is 1. The van der Waals surface area contributed by atoms with Crippen molar-refractivity contribution >= 4 is 39.0 Å². The molecule has 3 heterocycles. The second-order valence-corrected chi connectivity index (χ2v) is 8.86. The van der Waals surface area contributed by atoms with Gasteiger partial charge in [0.2, 0.25) is 0 Å². The number of aromatic nitrogens is 2. The van der Waals surface area contributed by atoms with Crippen LogP contribution in [0.1, 0.15) is 21.8 Å². The lowest BCUT2D eigenvalue weighted by Gasteiger charge is -2.35. The molecule has 2 aromatic carbocycles. The van der Waals surface area contributed by atoms with Gasteiger partial charge in [0.1, 0.15) is 11.6 Å². The van der Waals surface area contributed by atoms with E-state index in [0.717, 1.165) is 50.6 Å². The standard InChI is InChI=1S/C24H25N5O2S/c1-17-16-21(26-31-17)24(30)25-19-8-6-18(7-9-19)10-11-28-12-14-29(15-13-28)23-20-4-2-3-5-22(20)32-27-23/h2-9,16H,10-15H2,1H3,(H,25,30). The topological polar surface area (TPSA) is 74.5 Å². The van der Waals surface area contributed by atoms with Gasteiger partial charge < -0.3 is 14.7 Å². The van der Waals surface area contributed by atoms with E-state index in [1.807, 2.05) is 12.1 Å². The molecule has 2 aromatic heterocycles. The SMILES string of the molecule is Cc1cc(C(=O)Nc2ccc(CCN3CCN(c4nsc5ccccc45)CC3)cc2)no1. The van der Waals surface area contributed by atoms with E-state index in [4.69, 9.17) is 8.90 Å². The molecule has 5 rings (SSSR count). The molecule has 164 valence electrons. The number of hydrogen-bond acceptors (Lipinski definition) is 7. The molecule has 0 bridgehead atoms. The number of anilines is 2. The predicted molar refractivity (Wildman–Crippen MR) is 128 cm³/mol. The second-order valence-electron chi connectivity index (χ2n) is 8.05. The molecule has 1 aliphatic rings. The normalized spacial score (nSPS) is 14.7. The zero-order valence-electron chi connectivity index (χ0n) is 18.0. The Morgan fingerprint density at radius 3 is 2.62 bits per heavy atom. The summed E-state index contributed by atoms with van der Waals surface area (Å²) in [6.07, 6.45) is 0.982. The molecule has 0 spiro atoms. The zero-order chi connectivity index (χ0) is 21.9. The number of hydrogen-bond donors (Lipinski definition) is 1. The highest BCUT2D eigenvalue weighted by atomic mass is 32.1. The largest absolute Gasteiger partial charge is 0.361 e. The number of fused-ring (bicyclic) bond motifs is 1. The molecule has 1 N–H and O–H groups in total. The lowest BCUT2D eigenvalue weighted by Crippen LogP contribution is -2.47. The van der Waals surface area contributed by atoms with Crippen LogP contribution in [0.3, 0.4) is 0 Å². The highest BCUT2D eigenvalue weighted by Gasteiger charge is 2.20. The maximum absolute atomic E-state index is 12.2. The highest BCUT2D eigenvalue weighted by Crippen LogP contribution is 2.29. The summed E-state index contributed by atoms with van der Waals surface area (Å²) in [7, 11) is 0. The van der Waals surface area contributed by atoms with Crippen LogP contribution in [0, 0.1) is 6.92 Å². The molecule has 0 aliphatic carbocycles. The van der Waals surface area contributed by atoms with Gasteiger partial charge in [-0.2, -0.15) is 4.37 Å². The number of aryl methyl sites for hydroxylation is 1. The molecule has 1 fully saturated rings. The molecule has 0 atom stereocenters. The van der Waals surface area contributed by atoms with Crippen molar-refractivity contribution in [2.75, 3.05) is 42.9 Å². The Morgan fingerprint density at radius 1 is 1.09 bits per heavy atom. The molecular weight excluding hydrogens is 422 g/mol. The average molecular weight is 448 g/mol. The summed E-state index contributed by atoms with van der Waals surface area (Å²) >= 11 is 1.58. The molecule has 1 saturated heterocycles. The fourth-order valence-electron chi connectivity index (χ4n) is 3.99. The van der Waals surface area contributed by atoms with Crippen LogP contribution in [-0.4, -0.2) is 53.1 Å². The molecule has 32 heavy (non-hydrogen) atoms. The Bertz CT molecular complexity index is 1210. The van der Waals surface area contributed by atoms with E-state index in [-0.39, 0.29) is 11.6 Å². The third-order valence-corrected chi connectivity index (χ3v) is 6.64. The van der Waals surface area contributed by atoms with E-state index < -0.39 is 0 Å². The fourth-order valence-corrected chi connectivity index (χ4v) is 4.79. The zero-order valence-corrected chi connectivity index (χ0v) is 18.8.